The Labute approximate surface area is 116 Å². The summed E-state index contributed by atoms with van der Waals surface area (Å²) in [7, 11) is 0. The molecule has 2 fully saturated rings. The van der Waals surface area contributed by atoms with Gasteiger partial charge in [-0.15, -0.1) is 0 Å². The molecule has 98 valence electrons. The van der Waals surface area contributed by atoms with Crippen molar-refractivity contribution in [2.45, 2.75) is 32.0 Å². The van der Waals surface area contributed by atoms with Crippen LogP contribution in [0.4, 0.5) is 0 Å². The van der Waals surface area contributed by atoms with E-state index in [1.807, 2.05) is 0 Å². The lowest BCUT2D eigenvalue weighted by molar-refractivity contribution is 0.0256. The topological polar surface area (TPSA) is 30.5 Å². The summed E-state index contributed by atoms with van der Waals surface area (Å²) >= 11 is 3.62. The second-order valence-electron chi connectivity index (χ2n) is 5.05. The molecular formula is C14H18BrNO2. The van der Waals surface area contributed by atoms with Crippen molar-refractivity contribution < 1.29 is 9.47 Å². The first-order chi connectivity index (χ1) is 8.74. The number of halogens is 1. The first-order valence-electron chi connectivity index (χ1n) is 6.53. The molecule has 0 bridgehead atoms. The maximum Gasteiger partial charge on any atom is 0.139 e. The van der Waals surface area contributed by atoms with Gasteiger partial charge in [-0.3, -0.25) is 0 Å². The predicted molar refractivity (Wildman–Crippen MR) is 74.1 cm³/mol. The number of ether oxygens (including phenoxy) is 2. The molecule has 1 saturated heterocycles. The van der Waals surface area contributed by atoms with Crippen LogP contribution in [0.25, 0.3) is 0 Å². The quantitative estimate of drug-likeness (QED) is 0.931. The molecule has 1 aromatic rings. The lowest BCUT2D eigenvalue weighted by Crippen LogP contribution is -2.33. The lowest BCUT2D eigenvalue weighted by atomic mass is 10.0. The van der Waals surface area contributed by atoms with Crippen molar-refractivity contribution >= 4 is 15.9 Å². The SMILES string of the molecule is Cc1cc(Br)c(OC2CC2)c(C2CNCCO2)c1. The van der Waals surface area contributed by atoms with Gasteiger partial charge in [-0.25, -0.2) is 0 Å². The van der Waals surface area contributed by atoms with E-state index in [0.717, 1.165) is 29.9 Å². The maximum absolute atomic E-state index is 6.04. The average Bonchev–Trinajstić information content (AvgIpc) is 3.17. The van der Waals surface area contributed by atoms with Crippen LogP contribution in [0.5, 0.6) is 5.75 Å². The fourth-order valence-corrected chi connectivity index (χ4v) is 2.92. The highest BCUT2D eigenvalue weighted by molar-refractivity contribution is 9.10. The third kappa shape index (κ3) is 2.71. The Morgan fingerprint density at radius 3 is 2.89 bits per heavy atom. The molecule has 2 aliphatic rings. The zero-order chi connectivity index (χ0) is 12.5. The third-order valence-corrected chi connectivity index (χ3v) is 3.89. The molecule has 1 heterocycles. The largest absolute Gasteiger partial charge is 0.489 e. The Hall–Kier alpha value is -0.580. The van der Waals surface area contributed by atoms with Crippen molar-refractivity contribution in [3.63, 3.8) is 0 Å². The van der Waals surface area contributed by atoms with E-state index >= 15 is 0 Å². The lowest BCUT2D eigenvalue weighted by Gasteiger charge is -2.26. The summed E-state index contributed by atoms with van der Waals surface area (Å²) in [6, 6.07) is 4.29. The Kier molecular flexibility index (Phi) is 3.59. The van der Waals surface area contributed by atoms with E-state index in [9.17, 15) is 0 Å². The summed E-state index contributed by atoms with van der Waals surface area (Å²) in [5.74, 6) is 0.969. The van der Waals surface area contributed by atoms with Gasteiger partial charge in [-0.05, 0) is 53.4 Å². The van der Waals surface area contributed by atoms with Crippen molar-refractivity contribution in [2.75, 3.05) is 19.7 Å². The standard InChI is InChI=1S/C14H18BrNO2/c1-9-6-11(13-8-16-4-5-17-13)14(12(15)7-9)18-10-2-3-10/h6-7,10,13,16H,2-5,8H2,1H3. The fourth-order valence-electron chi connectivity index (χ4n) is 2.24. The number of morpholine rings is 1. The van der Waals surface area contributed by atoms with Crippen molar-refractivity contribution in [3.8, 4) is 5.75 Å². The van der Waals surface area contributed by atoms with Crippen molar-refractivity contribution in [1.29, 1.82) is 0 Å². The van der Waals surface area contributed by atoms with Gasteiger partial charge in [-0.2, -0.15) is 0 Å². The van der Waals surface area contributed by atoms with Crippen LogP contribution >= 0.6 is 15.9 Å². The van der Waals surface area contributed by atoms with Crippen LogP contribution in [0.3, 0.4) is 0 Å². The molecule has 0 spiro atoms. The highest BCUT2D eigenvalue weighted by Crippen LogP contribution is 2.39. The van der Waals surface area contributed by atoms with Gasteiger partial charge in [-0.1, -0.05) is 0 Å². The average molecular weight is 312 g/mol. The minimum atomic E-state index is 0.101. The van der Waals surface area contributed by atoms with E-state index in [-0.39, 0.29) is 6.10 Å². The van der Waals surface area contributed by atoms with E-state index in [1.165, 1.54) is 24.0 Å². The Bertz CT molecular complexity index is 440. The normalized spacial score (nSPS) is 24.0. The van der Waals surface area contributed by atoms with Crippen LogP contribution in [-0.2, 0) is 4.74 Å². The molecule has 3 nitrogen and oxygen atoms in total. The number of aryl methyl sites for hydroxylation is 1. The van der Waals surface area contributed by atoms with Crippen molar-refractivity contribution in [3.05, 3.63) is 27.7 Å². The molecule has 0 radical (unpaired) electrons. The van der Waals surface area contributed by atoms with Crippen molar-refractivity contribution in [1.82, 2.24) is 5.32 Å². The van der Waals surface area contributed by atoms with E-state index in [1.54, 1.807) is 0 Å². The molecule has 1 aliphatic carbocycles. The molecule has 0 aromatic heterocycles. The van der Waals surface area contributed by atoms with Gasteiger partial charge < -0.3 is 14.8 Å². The number of hydrogen-bond donors (Lipinski definition) is 1. The molecule has 1 N–H and O–H groups in total. The molecule has 1 saturated carbocycles. The molecule has 3 rings (SSSR count). The van der Waals surface area contributed by atoms with Crippen LogP contribution in [-0.4, -0.2) is 25.8 Å². The second kappa shape index (κ2) is 5.19. The minimum Gasteiger partial charge on any atom is -0.489 e. The molecule has 18 heavy (non-hydrogen) atoms. The first-order valence-corrected chi connectivity index (χ1v) is 7.32. The van der Waals surface area contributed by atoms with Gasteiger partial charge in [0, 0.05) is 18.7 Å². The first kappa shape index (κ1) is 12.5. The minimum absolute atomic E-state index is 0.101. The maximum atomic E-state index is 6.04. The number of nitrogens with one attached hydrogen (secondary N) is 1. The zero-order valence-electron chi connectivity index (χ0n) is 10.5. The molecule has 1 unspecified atom stereocenters. The number of benzene rings is 1. The van der Waals surface area contributed by atoms with Crippen LogP contribution in [0, 0.1) is 6.92 Å². The Morgan fingerprint density at radius 1 is 1.39 bits per heavy atom. The molecule has 0 amide bonds. The summed E-state index contributed by atoms with van der Waals surface area (Å²) in [5.41, 5.74) is 2.40. The van der Waals surface area contributed by atoms with Gasteiger partial charge in [0.15, 0.2) is 0 Å². The van der Waals surface area contributed by atoms with Gasteiger partial charge >= 0.3 is 0 Å². The third-order valence-electron chi connectivity index (χ3n) is 3.30. The summed E-state index contributed by atoms with van der Waals surface area (Å²) in [6.45, 7) is 4.66. The predicted octanol–water partition coefficient (Wildman–Crippen LogP) is 2.96. The van der Waals surface area contributed by atoms with Gasteiger partial charge in [0.2, 0.25) is 0 Å². The van der Waals surface area contributed by atoms with Crippen LogP contribution < -0.4 is 10.1 Å². The van der Waals surface area contributed by atoms with Gasteiger partial charge in [0.05, 0.1) is 23.3 Å². The highest BCUT2D eigenvalue weighted by atomic mass is 79.9. The monoisotopic (exact) mass is 311 g/mol. The Morgan fingerprint density at radius 2 is 2.22 bits per heavy atom. The fraction of sp³-hybridized carbons (Fsp3) is 0.571. The summed E-state index contributed by atoms with van der Waals surface area (Å²) in [5, 5.41) is 3.37. The van der Waals surface area contributed by atoms with E-state index < -0.39 is 0 Å². The second-order valence-corrected chi connectivity index (χ2v) is 5.90. The van der Waals surface area contributed by atoms with E-state index in [2.05, 4.69) is 40.3 Å². The van der Waals surface area contributed by atoms with Gasteiger partial charge in [0.25, 0.3) is 0 Å². The number of rotatable bonds is 3. The Balaban J connectivity index is 1.92. The van der Waals surface area contributed by atoms with Crippen LogP contribution in [0.2, 0.25) is 0 Å². The molecule has 4 heteroatoms. The van der Waals surface area contributed by atoms with E-state index in [0.29, 0.717) is 6.10 Å². The van der Waals surface area contributed by atoms with Crippen LogP contribution in [0.15, 0.2) is 16.6 Å². The number of hydrogen-bond acceptors (Lipinski definition) is 3. The summed E-state index contributed by atoms with van der Waals surface area (Å²) in [6.07, 6.45) is 2.84. The highest BCUT2D eigenvalue weighted by Gasteiger charge is 2.28. The zero-order valence-corrected chi connectivity index (χ0v) is 12.1. The molecule has 1 atom stereocenters. The van der Waals surface area contributed by atoms with Crippen molar-refractivity contribution in [2.24, 2.45) is 0 Å². The van der Waals surface area contributed by atoms with Gasteiger partial charge in [0.1, 0.15) is 5.75 Å². The molecule has 1 aliphatic heterocycles. The summed E-state index contributed by atoms with van der Waals surface area (Å²) in [4.78, 5) is 0. The summed E-state index contributed by atoms with van der Waals surface area (Å²) < 4.78 is 12.9. The van der Waals surface area contributed by atoms with E-state index in [4.69, 9.17) is 9.47 Å². The van der Waals surface area contributed by atoms with Crippen LogP contribution in [0.1, 0.15) is 30.1 Å². The molecular weight excluding hydrogens is 294 g/mol. The smallest absolute Gasteiger partial charge is 0.139 e. The molecule has 1 aromatic carbocycles.